The van der Waals surface area contributed by atoms with Gasteiger partial charge in [-0.2, -0.15) is 0 Å². The predicted molar refractivity (Wildman–Crippen MR) is 103 cm³/mol. The third kappa shape index (κ3) is 5.53. The summed E-state index contributed by atoms with van der Waals surface area (Å²) in [6.45, 7) is 4.52. The molecule has 2 rings (SSSR count). The number of benzene rings is 1. The van der Waals surface area contributed by atoms with Crippen molar-refractivity contribution >= 4 is 23.4 Å². The molecule has 9 heteroatoms. The Morgan fingerprint density at radius 1 is 1.30 bits per heavy atom. The van der Waals surface area contributed by atoms with Crippen molar-refractivity contribution in [3.8, 4) is 0 Å². The zero-order valence-electron chi connectivity index (χ0n) is 15.8. The Morgan fingerprint density at radius 2 is 2.00 bits per heavy atom. The minimum Gasteiger partial charge on any atom is -0.468 e. The number of ether oxygens (including phenoxy) is 1. The molecule has 1 aromatic heterocycles. The number of aryl methyl sites for hydroxylation is 1. The van der Waals surface area contributed by atoms with Crippen molar-refractivity contribution < 1.29 is 14.5 Å². The number of nitro benzene ring substituents is 1. The molecule has 1 unspecified atom stereocenters. The molecule has 0 aliphatic heterocycles. The van der Waals surface area contributed by atoms with Gasteiger partial charge in [0.1, 0.15) is 11.1 Å². The molecule has 0 fully saturated rings. The molecule has 0 spiro atoms. The second-order valence-corrected chi connectivity index (χ2v) is 7.22. The predicted octanol–water partition coefficient (Wildman–Crippen LogP) is 3.62. The lowest BCUT2D eigenvalue weighted by Gasteiger charge is -2.14. The van der Waals surface area contributed by atoms with Crippen LogP contribution in [0.3, 0.4) is 0 Å². The molecule has 0 aliphatic carbocycles. The number of unbranched alkanes of at least 4 members (excludes halogenated alkanes) is 1. The number of hydrogen-bond acceptors (Lipinski definition) is 7. The van der Waals surface area contributed by atoms with Crippen molar-refractivity contribution in [2.24, 2.45) is 0 Å². The summed E-state index contributed by atoms with van der Waals surface area (Å²) in [4.78, 5) is 22.4. The van der Waals surface area contributed by atoms with Crippen LogP contribution in [0.25, 0.3) is 0 Å². The van der Waals surface area contributed by atoms with Crippen LogP contribution in [0.2, 0.25) is 0 Å². The zero-order valence-corrected chi connectivity index (χ0v) is 16.6. The summed E-state index contributed by atoms with van der Waals surface area (Å²) in [7, 11) is 1.37. The van der Waals surface area contributed by atoms with E-state index < -0.39 is 4.92 Å². The van der Waals surface area contributed by atoms with Gasteiger partial charge in [0.05, 0.1) is 18.6 Å². The molecule has 27 heavy (non-hydrogen) atoms. The van der Waals surface area contributed by atoms with E-state index >= 15 is 0 Å². The van der Waals surface area contributed by atoms with Gasteiger partial charge in [-0.05, 0) is 18.4 Å². The number of rotatable bonds is 10. The van der Waals surface area contributed by atoms with Gasteiger partial charge >= 0.3 is 5.97 Å². The highest BCUT2D eigenvalue weighted by Crippen LogP contribution is 2.27. The smallest absolute Gasteiger partial charge is 0.319 e. The normalized spacial score (nSPS) is 12.0. The molecule has 0 saturated carbocycles. The largest absolute Gasteiger partial charge is 0.468 e. The average Bonchev–Trinajstić information content (AvgIpc) is 3.05. The summed E-state index contributed by atoms with van der Waals surface area (Å²) in [5, 5.41) is 19.7. The standard InChI is InChI=1S/C18H24N4O4S/c1-4-6-7-16-19-20-18(27-15(5-2)17(23)26-3)21(16)12-13-8-10-14(11-9-13)22(24)25/h8-11,15H,4-7,12H2,1-3H3. The lowest BCUT2D eigenvalue weighted by Crippen LogP contribution is -2.19. The molecule has 1 heterocycles. The quantitative estimate of drug-likeness (QED) is 0.263. The molecule has 1 atom stereocenters. The van der Waals surface area contributed by atoms with Gasteiger partial charge < -0.3 is 9.30 Å². The fourth-order valence-electron chi connectivity index (χ4n) is 2.55. The SMILES string of the molecule is CCCCc1nnc(SC(CC)C(=O)OC)n1Cc1ccc([N+](=O)[O-])cc1. The Labute approximate surface area is 162 Å². The summed E-state index contributed by atoms with van der Waals surface area (Å²) < 4.78 is 6.84. The number of aromatic nitrogens is 3. The lowest BCUT2D eigenvalue weighted by molar-refractivity contribution is -0.384. The Hall–Kier alpha value is -2.42. The third-order valence-corrected chi connectivity index (χ3v) is 5.44. The Morgan fingerprint density at radius 3 is 2.56 bits per heavy atom. The Bertz CT molecular complexity index is 776. The molecule has 1 aromatic carbocycles. The van der Waals surface area contributed by atoms with E-state index in [1.54, 1.807) is 12.1 Å². The first kappa shape index (κ1) is 20.9. The van der Waals surface area contributed by atoms with Crippen LogP contribution in [-0.4, -0.2) is 38.0 Å². The third-order valence-electron chi connectivity index (χ3n) is 4.12. The first-order chi connectivity index (χ1) is 13.0. The number of nitrogens with zero attached hydrogens (tertiary/aromatic N) is 4. The molecule has 0 N–H and O–H groups in total. The van der Waals surface area contributed by atoms with E-state index in [0.717, 1.165) is 30.7 Å². The number of carbonyl (C=O) groups excluding carboxylic acids is 1. The maximum Gasteiger partial charge on any atom is 0.319 e. The summed E-state index contributed by atoms with van der Waals surface area (Å²) in [6, 6.07) is 6.44. The number of esters is 1. The van der Waals surface area contributed by atoms with Crippen LogP contribution in [0.4, 0.5) is 5.69 Å². The highest BCUT2D eigenvalue weighted by atomic mass is 32.2. The molecule has 0 amide bonds. The van der Waals surface area contributed by atoms with Gasteiger partial charge in [-0.15, -0.1) is 10.2 Å². The van der Waals surface area contributed by atoms with Gasteiger partial charge in [-0.25, -0.2) is 0 Å². The lowest BCUT2D eigenvalue weighted by atomic mass is 10.2. The van der Waals surface area contributed by atoms with Crippen molar-refractivity contribution in [3.63, 3.8) is 0 Å². The van der Waals surface area contributed by atoms with Crippen molar-refractivity contribution in [1.29, 1.82) is 0 Å². The maximum atomic E-state index is 11.9. The number of non-ortho nitro benzene ring substituents is 1. The van der Waals surface area contributed by atoms with Crippen molar-refractivity contribution in [1.82, 2.24) is 14.8 Å². The average molecular weight is 392 g/mol. The molecule has 0 bridgehead atoms. The van der Waals surface area contributed by atoms with Crippen LogP contribution >= 0.6 is 11.8 Å². The van der Waals surface area contributed by atoms with Gasteiger partial charge in [0.2, 0.25) is 0 Å². The van der Waals surface area contributed by atoms with Crippen LogP contribution < -0.4 is 0 Å². The summed E-state index contributed by atoms with van der Waals surface area (Å²) in [5.74, 6) is 0.555. The van der Waals surface area contributed by atoms with Crippen LogP contribution in [0.15, 0.2) is 29.4 Å². The fraction of sp³-hybridized carbons (Fsp3) is 0.500. The van der Waals surface area contributed by atoms with E-state index in [9.17, 15) is 14.9 Å². The highest BCUT2D eigenvalue weighted by Gasteiger charge is 2.23. The molecule has 8 nitrogen and oxygen atoms in total. The number of hydrogen-bond donors (Lipinski definition) is 0. The number of nitro groups is 1. The minimum atomic E-state index is -0.418. The fourth-order valence-corrected chi connectivity index (χ4v) is 3.55. The zero-order chi connectivity index (χ0) is 19.8. The molecule has 2 aromatic rings. The number of methoxy groups -OCH3 is 1. The molecular weight excluding hydrogens is 368 g/mol. The number of carbonyl (C=O) groups is 1. The second-order valence-electron chi connectivity index (χ2n) is 6.05. The molecule has 146 valence electrons. The monoisotopic (exact) mass is 392 g/mol. The van der Waals surface area contributed by atoms with E-state index in [2.05, 4.69) is 17.1 Å². The van der Waals surface area contributed by atoms with Gasteiger partial charge in [-0.3, -0.25) is 14.9 Å². The van der Waals surface area contributed by atoms with Gasteiger partial charge in [0.15, 0.2) is 5.16 Å². The van der Waals surface area contributed by atoms with Gasteiger partial charge in [-0.1, -0.05) is 44.2 Å². The number of thioether (sulfide) groups is 1. The Balaban J connectivity index is 2.28. The van der Waals surface area contributed by atoms with E-state index in [1.807, 2.05) is 11.5 Å². The van der Waals surface area contributed by atoms with Crippen molar-refractivity contribution in [2.75, 3.05) is 7.11 Å². The van der Waals surface area contributed by atoms with E-state index in [1.165, 1.54) is 31.0 Å². The summed E-state index contributed by atoms with van der Waals surface area (Å²) >= 11 is 1.34. The van der Waals surface area contributed by atoms with Gasteiger partial charge in [0, 0.05) is 18.6 Å². The second kappa shape index (κ2) is 10.1. The minimum absolute atomic E-state index is 0.0556. The van der Waals surface area contributed by atoms with Crippen molar-refractivity contribution in [2.45, 2.75) is 56.5 Å². The van der Waals surface area contributed by atoms with E-state index in [-0.39, 0.29) is 16.9 Å². The molecule has 0 radical (unpaired) electrons. The summed E-state index contributed by atoms with van der Waals surface area (Å²) in [5.41, 5.74) is 0.964. The maximum absolute atomic E-state index is 11.9. The van der Waals surface area contributed by atoms with Crippen LogP contribution in [0, 0.1) is 10.1 Å². The highest BCUT2D eigenvalue weighted by molar-refractivity contribution is 8.00. The first-order valence-corrected chi connectivity index (χ1v) is 9.77. The van der Waals surface area contributed by atoms with Crippen LogP contribution in [-0.2, 0) is 22.5 Å². The van der Waals surface area contributed by atoms with E-state index in [4.69, 9.17) is 4.74 Å². The Kier molecular flexibility index (Phi) is 7.78. The van der Waals surface area contributed by atoms with Crippen molar-refractivity contribution in [3.05, 3.63) is 45.8 Å². The van der Waals surface area contributed by atoms with Crippen LogP contribution in [0.1, 0.15) is 44.5 Å². The molecule has 0 aliphatic rings. The van der Waals surface area contributed by atoms with E-state index in [0.29, 0.717) is 18.1 Å². The van der Waals surface area contributed by atoms with Gasteiger partial charge in [0.25, 0.3) is 5.69 Å². The molecule has 0 saturated heterocycles. The van der Waals surface area contributed by atoms with Crippen LogP contribution in [0.5, 0.6) is 0 Å². The summed E-state index contributed by atoms with van der Waals surface area (Å²) in [6.07, 6.45) is 3.42. The molecular formula is C18H24N4O4S. The first-order valence-electron chi connectivity index (χ1n) is 8.90. The topological polar surface area (TPSA) is 100 Å².